The van der Waals surface area contributed by atoms with Crippen LogP contribution in [0.25, 0.3) is 5.82 Å². The smallest absolute Gasteiger partial charge is 0.224 e. The Kier molecular flexibility index (Phi) is 4.12. The summed E-state index contributed by atoms with van der Waals surface area (Å²) >= 11 is 0. The summed E-state index contributed by atoms with van der Waals surface area (Å²) in [6, 6.07) is 10.7. The van der Waals surface area contributed by atoms with Crippen molar-refractivity contribution in [3.63, 3.8) is 0 Å². The number of hydrogen-bond donors (Lipinski definition) is 1. The highest BCUT2D eigenvalue weighted by molar-refractivity contribution is 5.91. The van der Waals surface area contributed by atoms with Crippen LogP contribution in [0.5, 0.6) is 11.6 Å². The van der Waals surface area contributed by atoms with Gasteiger partial charge in [-0.25, -0.2) is 14.6 Å². The first-order chi connectivity index (χ1) is 12.3. The minimum atomic E-state index is 0.0656. The molecule has 1 aromatic carbocycles. The Hall–Kier alpha value is -3.22. The fourth-order valence-electron chi connectivity index (χ4n) is 2.44. The van der Waals surface area contributed by atoms with E-state index in [0.29, 0.717) is 29.8 Å². The van der Waals surface area contributed by atoms with Crippen LogP contribution in [0, 0.1) is 5.92 Å². The molecule has 3 aromatic rings. The van der Waals surface area contributed by atoms with E-state index in [4.69, 9.17) is 4.74 Å². The number of aromatic nitrogens is 4. The molecule has 1 N–H and O–H groups in total. The molecule has 2 heterocycles. The third-order valence-corrected chi connectivity index (χ3v) is 3.90. The van der Waals surface area contributed by atoms with Gasteiger partial charge in [0.15, 0.2) is 5.82 Å². The topological polar surface area (TPSA) is 81.9 Å². The number of anilines is 1. The molecule has 1 aliphatic carbocycles. The van der Waals surface area contributed by atoms with Crippen LogP contribution in [0.1, 0.15) is 19.3 Å². The van der Waals surface area contributed by atoms with Gasteiger partial charge in [0.2, 0.25) is 11.8 Å². The molecule has 1 fully saturated rings. The third-order valence-electron chi connectivity index (χ3n) is 3.90. The standard InChI is InChI=1S/C18H17N5O2/c24-17(10-13-2-3-13)22-14-4-6-15(7-5-14)25-18-11-16(19-12-20-18)23-9-1-8-21-23/h1,4-9,11-13H,2-3,10H2,(H,22,24). The molecule has 0 unspecified atom stereocenters. The van der Waals surface area contributed by atoms with E-state index in [2.05, 4.69) is 20.4 Å². The lowest BCUT2D eigenvalue weighted by Crippen LogP contribution is -2.11. The van der Waals surface area contributed by atoms with Crippen molar-refractivity contribution in [2.24, 2.45) is 5.92 Å². The summed E-state index contributed by atoms with van der Waals surface area (Å²) in [7, 11) is 0. The Morgan fingerprint density at radius 2 is 2.08 bits per heavy atom. The quantitative estimate of drug-likeness (QED) is 0.748. The van der Waals surface area contributed by atoms with Gasteiger partial charge in [-0.15, -0.1) is 0 Å². The second-order valence-corrected chi connectivity index (χ2v) is 5.99. The van der Waals surface area contributed by atoms with Gasteiger partial charge in [0.1, 0.15) is 12.1 Å². The fourth-order valence-corrected chi connectivity index (χ4v) is 2.44. The van der Waals surface area contributed by atoms with Crippen LogP contribution in [-0.4, -0.2) is 25.7 Å². The maximum atomic E-state index is 11.8. The Morgan fingerprint density at radius 1 is 1.24 bits per heavy atom. The van der Waals surface area contributed by atoms with E-state index in [-0.39, 0.29) is 5.91 Å². The zero-order valence-corrected chi connectivity index (χ0v) is 13.5. The highest BCUT2D eigenvalue weighted by Crippen LogP contribution is 2.32. The predicted octanol–water partition coefficient (Wildman–Crippen LogP) is 3.19. The Balaban J connectivity index is 1.40. The molecule has 0 atom stereocenters. The summed E-state index contributed by atoms with van der Waals surface area (Å²) in [6.45, 7) is 0. The number of amides is 1. The summed E-state index contributed by atoms with van der Waals surface area (Å²) in [4.78, 5) is 20.1. The first kappa shape index (κ1) is 15.3. The number of rotatable bonds is 6. The molecule has 0 saturated heterocycles. The molecule has 1 aliphatic rings. The number of carbonyl (C=O) groups excluding carboxylic acids is 1. The molecule has 0 spiro atoms. The van der Waals surface area contributed by atoms with Crippen LogP contribution in [0.3, 0.4) is 0 Å². The summed E-state index contributed by atoms with van der Waals surface area (Å²) in [5.41, 5.74) is 0.762. The molecule has 0 bridgehead atoms. The molecule has 126 valence electrons. The zero-order valence-electron chi connectivity index (χ0n) is 13.5. The lowest BCUT2D eigenvalue weighted by molar-refractivity contribution is -0.116. The van der Waals surface area contributed by atoms with Gasteiger partial charge >= 0.3 is 0 Å². The first-order valence-corrected chi connectivity index (χ1v) is 8.16. The minimum Gasteiger partial charge on any atom is -0.439 e. The molecule has 7 heteroatoms. The zero-order chi connectivity index (χ0) is 17.1. The van der Waals surface area contributed by atoms with Gasteiger partial charge in [-0.3, -0.25) is 4.79 Å². The van der Waals surface area contributed by atoms with E-state index in [0.717, 1.165) is 5.69 Å². The fraction of sp³-hybridized carbons (Fsp3) is 0.222. The lowest BCUT2D eigenvalue weighted by atomic mass is 10.2. The van der Waals surface area contributed by atoms with E-state index in [1.807, 2.05) is 18.2 Å². The van der Waals surface area contributed by atoms with E-state index < -0.39 is 0 Å². The SMILES string of the molecule is O=C(CC1CC1)Nc1ccc(Oc2cc(-n3cccn3)ncn2)cc1. The lowest BCUT2D eigenvalue weighted by Gasteiger charge is -2.08. The summed E-state index contributed by atoms with van der Waals surface area (Å²) < 4.78 is 7.38. The number of benzene rings is 1. The van der Waals surface area contributed by atoms with Crippen LogP contribution in [0.15, 0.2) is 55.1 Å². The highest BCUT2D eigenvalue weighted by atomic mass is 16.5. The molecule has 4 rings (SSSR count). The van der Waals surface area contributed by atoms with Gasteiger partial charge < -0.3 is 10.1 Å². The average molecular weight is 335 g/mol. The van der Waals surface area contributed by atoms with Crippen LogP contribution in [0.2, 0.25) is 0 Å². The monoisotopic (exact) mass is 335 g/mol. The number of hydrogen-bond acceptors (Lipinski definition) is 5. The predicted molar refractivity (Wildman–Crippen MR) is 91.6 cm³/mol. The van der Waals surface area contributed by atoms with Gasteiger partial charge in [0, 0.05) is 30.6 Å². The van der Waals surface area contributed by atoms with Crippen molar-refractivity contribution in [2.45, 2.75) is 19.3 Å². The van der Waals surface area contributed by atoms with Crippen LogP contribution in [-0.2, 0) is 4.79 Å². The highest BCUT2D eigenvalue weighted by Gasteiger charge is 2.24. The van der Waals surface area contributed by atoms with Gasteiger partial charge in [-0.2, -0.15) is 5.10 Å². The largest absolute Gasteiger partial charge is 0.439 e. The normalized spacial score (nSPS) is 13.4. The van der Waals surface area contributed by atoms with Crippen molar-refractivity contribution in [3.05, 3.63) is 55.1 Å². The summed E-state index contributed by atoms with van der Waals surface area (Å²) in [6.07, 6.45) is 7.84. The molecule has 1 amide bonds. The van der Waals surface area contributed by atoms with Gasteiger partial charge in [-0.05, 0) is 49.1 Å². The van der Waals surface area contributed by atoms with Crippen LogP contribution >= 0.6 is 0 Å². The van der Waals surface area contributed by atoms with Gasteiger partial charge in [-0.1, -0.05) is 0 Å². The second-order valence-electron chi connectivity index (χ2n) is 5.99. The number of nitrogens with one attached hydrogen (secondary N) is 1. The number of nitrogens with zero attached hydrogens (tertiary/aromatic N) is 4. The molecule has 0 aliphatic heterocycles. The Bertz CT molecular complexity index is 857. The van der Waals surface area contributed by atoms with Crippen molar-refractivity contribution in [2.75, 3.05) is 5.32 Å². The molecule has 2 aromatic heterocycles. The van der Waals surface area contributed by atoms with E-state index in [1.165, 1.54) is 19.2 Å². The average Bonchev–Trinajstić information content (AvgIpc) is 3.25. The van der Waals surface area contributed by atoms with Gasteiger partial charge in [0.05, 0.1) is 0 Å². The van der Waals surface area contributed by atoms with Crippen LogP contribution < -0.4 is 10.1 Å². The molecule has 0 radical (unpaired) electrons. The molecule has 25 heavy (non-hydrogen) atoms. The van der Waals surface area contributed by atoms with Gasteiger partial charge in [0.25, 0.3) is 0 Å². The maximum absolute atomic E-state index is 11.8. The van der Waals surface area contributed by atoms with Crippen molar-refractivity contribution < 1.29 is 9.53 Å². The third kappa shape index (κ3) is 4.00. The van der Waals surface area contributed by atoms with E-state index in [1.54, 1.807) is 35.3 Å². The van der Waals surface area contributed by atoms with Crippen molar-refractivity contribution in [1.29, 1.82) is 0 Å². The number of ether oxygens (including phenoxy) is 1. The van der Waals surface area contributed by atoms with E-state index in [9.17, 15) is 4.79 Å². The molecule has 1 saturated carbocycles. The summed E-state index contributed by atoms with van der Waals surface area (Å²) in [5, 5.41) is 7.03. The van der Waals surface area contributed by atoms with Crippen molar-refractivity contribution in [3.8, 4) is 17.4 Å². The molecular formula is C18H17N5O2. The maximum Gasteiger partial charge on any atom is 0.224 e. The Morgan fingerprint density at radius 3 is 2.80 bits per heavy atom. The second kappa shape index (κ2) is 6.72. The van der Waals surface area contributed by atoms with Crippen LogP contribution in [0.4, 0.5) is 5.69 Å². The minimum absolute atomic E-state index is 0.0656. The van der Waals surface area contributed by atoms with E-state index >= 15 is 0 Å². The molecule has 7 nitrogen and oxygen atoms in total. The summed E-state index contributed by atoms with van der Waals surface area (Å²) in [5.74, 6) is 2.32. The molecular weight excluding hydrogens is 318 g/mol. The number of carbonyl (C=O) groups is 1. The van der Waals surface area contributed by atoms with Crippen molar-refractivity contribution >= 4 is 11.6 Å². The first-order valence-electron chi connectivity index (χ1n) is 8.16. The van der Waals surface area contributed by atoms with Crippen molar-refractivity contribution in [1.82, 2.24) is 19.7 Å². The Labute approximate surface area is 144 Å².